The number of amides is 1. The minimum Gasteiger partial charge on any atom is -0.398 e. The number of fused-ring (bicyclic) bond motifs is 1. The first kappa shape index (κ1) is 14.1. The normalized spacial score (nSPS) is 10.6. The van der Waals surface area contributed by atoms with E-state index < -0.39 is 0 Å². The second kappa shape index (κ2) is 5.77. The summed E-state index contributed by atoms with van der Waals surface area (Å²) >= 11 is 0. The number of hydrogen-bond donors (Lipinski definition) is 2. The Bertz CT molecular complexity index is 639. The number of likely N-dealkylation sites (N-methyl/N-ethyl adjacent to an activating group) is 2. The molecule has 0 radical (unpaired) electrons. The van der Waals surface area contributed by atoms with Crippen molar-refractivity contribution >= 4 is 28.1 Å². The van der Waals surface area contributed by atoms with Crippen molar-refractivity contribution in [3.8, 4) is 0 Å². The number of nitrogens with one attached hydrogen (secondary N) is 1. The molecule has 20 heavy (non-hydrogen) atoms. The number of nitrogens with two attached hydrogens (primary N) is 1. The smallest absolute Gasteiger partial charge is 0.239 e. The molecule has 106 valence electrons. The summed E-state index contributed by atoms with van der Waals surface area (Å²) in [5.74, 6) is 0.00533. The number of carbonyl (C=O) groups excluding carboxylic acids is 1. The second-order valence-electron chi connectivity index (χ2n) is 4.85. The second-order valence-corrected chi connectivity index (χ2v) is 4.85. The Hall–Kier alpha value is -2.30. The number of rotatable bonds is 4. The van der Waals surface area contributed by atoms with Gasteiger partial charge in [0.05, 0.1) is 6.54 Å². The Kier molecular flexibility index (Phi) is 4.08. The van der Waals surface area contributed by atoms with Crippen LogP contribution in [0.3, 0.4) is 0 Å². The summed E-state index contributed by atoms with van der Waals surface area (Å²) in [5.41, 5.74) is 8.59. The van der Waals surface area contributed by atoms with E-state index in [2.05, 4.69) is 10.3 Å². The van der Waals surface area contributed by atoms with E-state index in [4.69, 9.17) is 5.73 Å². The van der Waals surface area contributed by atoms with E-state index in [0.29, 0.717) is 18.8 Å². The third-order valence-corrected chi connectivity index (χ3v) is 3.21. The van der Waals surface area contributed by atoms with Crippen LogP contribution in [0, 0.1) is 6.92 Å². The highest BCUT2D eigenvalue weighted by molar-refractivity contribution is 6.01. The Labute approximate surface area is 118 Å². The average Bonchev–Trinajstić information content (AvgIpc) is 2.38. The monoisotopic (exact) mass is 272 g/mol. The maximum Gasteiger partial charge on any atom is 0.239 e. The number of hydrogen-bond acceptors (Lipinski definition) is 4. The fourth-order valence-corrected chi connectivity index (χ4v) is 2.24. The van der Waals surface area contributed by atoms with Gasteiger partial charge < -0.3 is 16.0 Å². The van der Waals surface area contributed by atoms with Crippen LogP contribution < -0.4 is 16.0 Å². The highest BCUT2D eigenvalue weighted by Gasteiger charge is 2.11. The lowest BCUT2D eigenvalue weighted by molar-refractivity contribution is -0.119. The van der Waals surface area contributed by atoms with Gasteiger partial charge in [0, 0.05) is 47.6 Å². The summed E-state index contributed by atoms with van der Waals surface area (Å²) in [7, 11) is 1.90. The molecule has 2 rings (SSSR count). The molecule has 1 aromatic carbocycles. The standard InChI is InChI=1S/C15H20N4O/c1-4-17-15(20)9-19(3)14-6-5-13(16)12-8-18-10(2)7-11(12)14/h5-8H,4,9,16H2,1-3H3,(H,17,20). The predicted molar refractivity (Wildman–Crippen MR) is 82.8 cm³/mol. The molecule has 0 saturated carbocycles. The van der Waals surface area contributed by atoms with Gasteiger partial charge in [-0.25, -0.2) is 0 Å². The van der Waals surface area contributed by atoms with E-state index in [1.54, 1.807) is 6.20 Å². The number of benzene rings is 1. The van der Waals surface area contributed by atoms with Crippen molar-refractivity contribution in [3.63, 3.8) is 0 Å². The van der Waals surface area contributed by atoms with Crippen LogP contribution in [0.5, 0.6) is 0 Å². The van der Waals surface area contributed by atoms with E-state index in [-0.39, 0.29) is 5.91 Å². The lowest BCUT2D eigenvalue weighted by Crippen LogP contribution is -2.35. The Morgan fingerprint density at radius 3 is 2.85 bits per heavy atom. The lowest BCUT2D eigenvalue weighted by atomic mass is 10.1. The fraction of sp³-hybridized carbons (Fsp3) is 0.333. The SMILES string of the molecule is CCNC(=O)CN(C)c1ccc(N)c2cnc(C)cc12. The molecule has 0 aliphatic rings. The number of anilines is 2. The topological polar surface area (TPSA) is 71.2 Å². The lowest BCUT2D eigenvalue weighted by Gasteiger charge is -2.21. The molecule has 0 unspecified atom stereocenters. The van der Waals surface area contributed by atoms with Crippen LogP contribution in [0.25, 0.3) is 10.8 Å². The van der Waals surface area contributed by atoms with Gasteiger partial charge in [0.1, 0.15) is 0 Å². The van der Waals surface area contributed by atoms with Gasteiger partial charge in [-0.2, -0.15) is 0 Å². The number of pyridine rings is 1. The van der Waals surface area contributed by atoms with Gasteiger partial charge in [-0.05, 0) is 32.0 Å². The van der Waals surface area contributed by atoms with Crippen LogP contribution >= 0.6 is 0 Å². The number of aromatic nitrogens is 1. The largest absolute Gasteiger partial charge is 0.398 e. The van der Waals surface area contributed by atoms with Crippen LogP contribution in [-0.4, -0.2) is 31.0 Å². The Morgan fingerprint density at radius 1 is 1.40 bits per heavy atom. The van der Waals surface area contributed by atoms with Crippen molar-refractivity contribution in [3.05, 3.63) is 30.1 Å². The van der Waals surface area contributed by atoms with Gasteiger partial charge in [0.2, 0.25) is 5.91 Å². The highest BCUT2D eigenvalue weighted by Crippen LogP contribution is 2.30. The van der Waals surface area contributed by atoms with Gasteiger partial charge in [-0.15, -0.1) is 0 Å². The van der Waals surface area contributed by atoms with E-state index in [9.17, 15) is 4.79 Å². The molecular formula is C15H20N4O. The van der Waals surface area contributed by atoms with E-state index in [1.165, 1.54) is 0 Å². The maximum atomic E-state index is 11.7. The van der Waals surface area contributed by atoms with Gasteiger partial charge >= 0.3 is 0 Å². The molecule has 0 aliphatic heterocycles. The first-order valence-corrected chi connectivity index (χ1v) is 6.65. The number of nitrogen functional groups attached to an aromatic ring is 1. The third-order valence-electron chi connectivity index (χ3n) is 3.21. The average molecular weight is 272 g/mol. The molecule has 0 saturated heterocycles. The van der Waals surface area contributed by atoms with Crippen molar-refractivity contribution in [2.45, 2.75) is 13.8 Å². The minimum absolute atomic E-state index is 0.00533. The fourth-order valence-electron chi connectivity index (χ4n) is 2.24. The first-order chi connectivity index (χ1) is 9.52. The number of carbonyl (C=O) groups is 1. The molecule has 1 aromatic heterocycles. The van der Waals surface area contributed by atoms with Gasteiger partial charge in [-0.1, -0.05) is 0 Å². The molecule has 0 bridgehead atoms. The molecule has 0 aliphatic carbocycles. The molecule has 1 amide bonds. The molecule has 5 nitrogen and oxygen atoms in total. The van der Waals surface area contributed by atoms with Crippen LogP contribution in [0.15, 0.2) is 24.4 Å². The molecule has 5 heteroatoms. The summed E-state index contributed by atoms with van der Waals surface area (Å²) in [6.07, 6.45) is 1.78. The summed E-state index contributed by atoms with van der Waals surface area (Å²) in [5, 5.41) is 4.73. The summed E-state index contributed by atoms with van der Waals surface area (Å²) in [6.45, 7) is 4.80. The number of nitrogens with zero attached hydrogens (tertiary/aromatic N) is 2. The predicted octanol–water partition coefficient (Wildman–Crippen LogP) is 1.70. The summed E-state index contributed by atoms with van der Waals surface area (Å²) in [4.78, 5) is 17.9. The van der Waals surface area contributed by atoms with Crippen molar-refractivity contribution in [2.75, 3.05) is 30.8 Å². The van der Waals surface area contributed by atoms with Crippen LogP contribution in [0.1, 0.15) is 12.6 Å². The van der Waals surface area contributed by atoms with Crippen molar-refractivity contribution in [1.29, 1.82) is 0 Å². The third kappa shape index (κ3) is 2.82. The molecule has 3 N–H and O–H groups in total. The number of aryl methyl sites for hydroxylation is 1. The van der Waals surface area contributed by atoms with E-state index >= 15 is 0 Å². The van der Waals surface area contributed by atoms with E-state index in [1.807, 2.05) is 44.0 Å². The zero-order valence-corrected chi connectivity index (χ0v) is 12.1. The molecule has 0 atom stereocenters. The quantitative estimate of drug-likeness (QED) is 0.831. The van der Waals surface area contributed by atoms with Crippen LogP contribution in [-0.2, 0) is 4.79 Å². The molecule has 0 spiro atoms. The molecular weight excluding hydrogens is 252 g/mol. The molecule has 2 aromatic rings. The maximum absolute atomic E-state index is 11.7. The van der Waals surface area contributed by atoms with Crippen molar-refractivity contribution in [2.24, 2.45) is 0 Å². The zero-order chi connectivity index (χ0) is 14.7. The summed E-state index contributed by atoms with van der Waals surface area (Å²) < 4.78 is 0. The first-order valence-electron chi connectivity index (χ1n) is 6.65. The molecule has 1 heterocycles. The zero-order valence-electron chi connectivity index (χ0n) is 12.1. The van der Waals surface area contributed by atoms with Crippen molar-refractivity contribution < 1.29 is 4.79 Å². The van der Waals surface area contributed by atoms with Crippen molar-refractivity contribution in [1.82, 2.24) is 10.3 Å². The van der Waals surface area contributed by atoms with Gasteiger partial charge in [0.25, 0.3) is 0 Å². The van der Waals surface area contributed by atoms with Gasteiger partial charge in [-0.3, -0.25) is 9.78 Å². The molecule has 0 fully saturated rings. The Balaban J connectivity index is 2.41. The van der Waals surface area contributed by atoms with E-state index in [0.717, 1.165) is 22.2 Å². The van der Waals surface area contributed by atoms with Crippen LogP contribution in [0.2, 0.25) is 0 Å². The van der Waals surface area contributed by atoms with Crippen LogP contribution in [0.4, 0.5) is 11.4 Å². The van der Waals surface area contributed by atoms with Gasteiger partial charge in [0.15, 0.2) is 0 Å². The summed E-state index contributed by atoms with van der Waals surface area (Å²) in [6, 6.07) is 5.79. The minimum atomic E-state index is 0.00533. The highest BCUT2D eigenvalue weighted by atomic mass is 16.2. The Morgan fingerprint density at radius 2 is 2.15 bits per heavy atom.